The summed E-state index contributed by atoms with van der Waals surface area (Å²) in [6, 6.07) is 14.2. The summed E-state index contributed by atoms with van der Waals surface area (Å²) in [4.78, 5) is 37.4. The number of carbonyl (C=O) groups excluding carboxylic acids is 3. The first-order valence-corrected chi connectivity index (χ1v) is 8.77. The molecule has 2 aromatic rings. The van der Waals surface area contributed by atoms with Crippen molar-refractivity contribution in [2.45, 2.75) is 13.0 Å². The second kappa shape index (κ2) is 8.35. The molecule has 0 spiro atoms. The molecule has 7 heteroatoms. The molecular weight excluding hydrogens is 344 g/mol. The number of nitrogen functional groups attached to an aromatic ring is 1. The Morgan fingerprint density at radius 3 is 2.37 bits per heavy atom. The van der Waals surface area contributed by atoms with E-state index in [0.29, 0.717) is 30.9 Å². The molecule has 0 atom stereocenters. The van der Waals surface area contributed by atoms with Gasteiger partial charge in [0.05, 0.1) is 13.0 Å². The fourth-order valence-corrected chi connectivity index (χ4v) is 2.84. The summed E-state index contributed by atoms with van der Waals surface area (Å²) in [6.07, 6.45) is 0.286. The van der Waals surface area contributed by atoms with E-state index < -0.39 is 0 Å². The number of anilines is 1. The van der Waals surface area contributed by atoms with Crippen LogP contribution in [0.5, 0.6) is 0 Å². The average molecular weight is 366 g/mol. The number of hydrogen-bond acceptors (Lipinski definition) is 4. The standard InChI is InChI=1S/C20H22N4O3/c21-17-7-3-14(4-8-17)11-18(25)23-12-15-1-5-16(6-2-15)20(27)24-10-9-22-19(26)13-24/h1-8H,9-13,21H2,(H,22,26)(H,23,25). The highest BCUT2D eigenvalue weighted by atomic mass is 16.2. The van der Waals surface area contributed by atoms with Gasteiger partial charge in [0.1, 0.15) is 0 Å². The Morgan fingerprint density at radius 1 is 1.04 bits per heavy atom. The van der Waals surface area contributed by atoms with Crippen LogP contribution >= 0.6 is 0 Å². The van der Waals surface area contributed by atoms with Crippen LogP contribution in [0.25, 0.3) is 0 Å². The van der Waals surface area contributed by atoms with Crippen molar-refractivity contribution in [3.63, 3.8) is 0 Å². The Hall–Kier alpha value is -3.35. The van der Waals surface area contributed by atoms with E-state index in [4.69, 9.17) is 5.73 Å². The summed E-state index contributed by atoms with van der Waals surface area (Å²) in [6.45, 7) is 1.45. The summed E-state index contributed by atoms with van der Waals surface area (Å²) in [7, 11) is 0. The predicted octanol–water partition coefficient (Wildman–Crippen LogP) is 0.700. The number of piperazine rings is 1. The maximum Gasteiger partial charge on any atom is 0.254 e. The zero-order valence-corrected chi connectivity index (χ0v) is 14.9. The van der Waals surface area contributed by atoms with Crippen LogP contribution in [0.4, 0.5) is 5.69 Å². The van der Waals surface area contributed by atoms with E-state index in [-0.39, 0.29) is 30.7 Å². The van der Waals surface area contributed by atoms with Crippen LogP contribution in [0, 0.1) is 0 Å². The summed E-state index contributed by atoms with van der Waals surface area (Å²) >= 11 is 0. The van der Waals surface area contributed by atoms with Crippen LogP contribution in [0.15, 0.2) is 48.5 Å². The SMILES string of the molecule is Nc1ccc(CC(=O)NCc2ccc(C(=O)N3CCNC(=O)C3)cc2)cc1. The van der Waals surface area contributed by atoms with Gasteiger partial charge in [0.15, 0.2) is 0 Å². The third kappa shape index (κ3) is 5.07. The number of nitrogens with one attached hydrogen (secondary N) is 2. The van der Waals surface area contributed by atoms with Gasteiger partial charge in [0.25, 0.3) is 5.91 Å². The Balaban J connectivity index is 1.51. The Kier molecular flexibility index (Phi) is 5.71. The maximum atomic E-state index is 12.4. The number of nitrogens with zero attached hydrogens (tertiary/aromatic N) is 1. The quantitative estimate of drug-likeness (QED) is 0.678. The normalized spacial score (nSPS) is 13.8. The van der Waals surface area contributed by atoms with E-state index in [1.807, 2.05) is 12.1 Å². The number of benzene rings is 2. The van der Waals surface area contributed by atoms with E-state index in [0.717, 1.165) is 11.1 Å². The molecule has 1 heterocycles. The first kappa shape index (κ1) is 18.4. The van der Waals surface area contributed by atoms with Gasteiger partial charge >= 0.3 is 0 Å². The van der Waals surface area contributed by atoms with Crippen LogP contribution < -0.4 is 16.4 Å². The molecule has 0 saturated carbocycles. The summed E-state index contributed by atoms with van der Waals surface area (Å²) in [5, 5.41) is 5.56. The molecule has 0 bridgehead atoms. The predicted molar refractivity (Wildman–Crippen MR) is 102 cm³/mol. The Morgan fingerprint density at radius 2 is 1.70 bits per heavy atom. The molecule has 1 aliphatic rings. The fraction of sp³-hybridized carbons (Fsp3) is 0.250. The molecule has 2 aromatic carbocycles. The van der Waals surface area contributed by atoms with Crippen LogP contribution in [0.3, 0.4) is 0 Å². The Bertz CT molecular complexity index is 831. The molecule has 0 unspecified atom stereocenters. The van der Waals surface area contributed by atoms with E-state index in [1.54, 1.807) is 36.4 Å². The van der Waals surface area contributed by atoms with E-state index in [9.17, 15) is 14.4 Å². The van der Waals surface area contributed by atoms with Crippen molar-refractivity contribution >= 4 is 23.4 Å². The van der Waals surface area contributed by atoms with Gasteiger partial charge in [-0.1, -0.05) is 24.3 Å². The van der Waals surface area contributed by atoms with Crippen LogP contribution in [0.2, 0.25) is 0 Å². The van der Waals surface area contributed by atoms with Crippen molar-refractivity contribution in [1.82, 2.24) is 15.5 Å². The third-order valence-electron chi connectivity index (χ3n) is 4.36. The molecule has 1 fully saturated rings. The summed E-state index contributed by atoms with van der Waals surface area (Å²) < 4.78 is 0. The average Bonchev–Trinajstić information content (AvgIpc) is 2.68. The summed E-state index contributed by atoms with van der Waals surface area (Å²) in [5.41, 5.74) is 8.62. The van der Waals surface area contributed by atoms with Crippen molar-refractivity contribution in [1.29, 1.82) is 0 Å². The molecule has 27 heavy (non-hydrogen) atoms. The van der Waals surface area contributed by atoms with Gasteiger partial charge in [0, 0.05) is 30.9 Å². The van der Waals surface area contributed by atoms with Crippen LogP contribution in [0.1, 0.15) is 21.5 Å². The summed E-state index contributed by atoms with van der Waals surface area (Å²) in [5.74, 6) is -0.391. The lowest BCUT2D eigenvalue weighted by atomic mass is 10.1. The van der Waals surface area contributed by atoms with Crippen molar-refractivity contribution in [3.05, 3.63) is 65.2 Å². The van der Waals surface area contributed by atoms with Crippen molar-refractivity contribution < 1.29 is 14.4 Å². The maximum absolute atomic E-state index is 12.4. The van der Waals surface area contributed by atoms with Gasteiger partial charge in [0.2, 0.25) is 11.8 Å². The molecule has 140 valence electrons. The number of nitrogens with two attached hydrogens (primary N) is 1. The van der Waals surface area contributed by atoms with Gasteiger partial charge < -0.3 is 21.3 Å². The molecule has 4 N–H and O–H groups in total. The minimum atomic E-state index is -0.163. The lowest BCUT2D eigenvalue weighted by molar-refractivity contribution is -0.123. The van der Waals surface area contributed by atoms with Crippen molar-refractivity contribution in [2.24, 2.45) is 0 Å². The van der Waals surface area contributed by atoms with Crippen LogP contribution in [-0.4, -0.2) is 42.3 Å². The second-order valence-electron chi connectivity index (χ2n) is 6.47. The molecule has 1 aliphatic heterocycles. The molecule has 3 amide bonds. The first-order chi connectivity index (χ1) is 13.0. The molecule has 3 rings (SSSR count). The highest BCUT2D eigenvalue weighted by Crippen LogP contribution is 2.10. The molecule has 7 nitrogen and oxygen atoms in total. The smallest absolute Gasteiger partial charge is 0.254 e. The lowest BCUT2D eigenvalue weighted by Crippen LogP contribution is -2.49. The largest absolute Gasteiger partial charge is 0.399 e. The number of rotatable bonds is 5. The monoisotopic (exact) mass is 366 g/mol. The minimum Gasteiger partial charge on any atom is -0.399 e. The van der Waals surface area contributed by atoms with Crippen LogP contribution in [-0.2, 0) is 22.6 Å². The highest BCUT2D eigenvalue weighted by Gasteiger charge is 2.22. The van der Waals surface area contributed by atoms with E-state index in [2.05, 4.69) is 10.6 Å². The number of hydrogen-bond donors (Lipinski definition) is 3. The molecule has 0 aromatic heterocycles. The molecule has 0 aliphatic carbocycles. The van der Waals surface area contributed by atoms with Gasteiger partial charge in [-0.3, -0.25) is 14.4 Å². The van der Waals surface area contributed by atoms with Crippen molar-refractivity contribution in [2.75, 3.05) is 25.4 Å². The number of carbonyl (C=O) groups is 3. The topological polar surface area (TPSA) is 105 Å². The lowest BCUT2D eigenvalue weighted by Gasteiger charge is -2.26. The zero-order valence-electron chi connectivity index (χ0n) is 14.9. The second-order valence-corrected chi connectivity index (χ2v) is 6.47. The van der Waals surface area contributed by atoms with Gasteiger partial charge in [-0.15, -0.1) is 0 Å². The fourth-order valence-electron chi connectivity index (χ4n) is 2.84. The zero-order chi connectivity index (χ0) is 19.2. The number of amides is 3. The molecule has 0 radical (unpaired) electrons. The van der Waals surface area contributed by atoms with E-state index >= 15 is 0 Å². The minimum absolute atomic E-state index is 0.0840. The van der Waals surface area contributed by atoms with Gasteiger partial charge in [-0.2, -0.15) is 0 Å². The van der Waals surface area contributed by atoms with Crippen molar-refractivity contribution in [3.8, 4) is 0 Å². The third-order valence-corrected chi connectivity index (χ3v) is 4.36. The Labute approximate surface area is 157 Å². The van der Waals surface area contributed by atoms with Gasteiger partial charge in [-0.05, 0) is 35.4 Å². The highest BCUT2D eigenvalue weighted by molar-refractivity contribution is 5.97. The first-order valence-electron chi connectivity index (χ1n) is 8.77. The molecular formula is C20H22N4O3. The molecule has 1 saturated heterocycles. The van der Waals surface area contributed by atoms with Gasteiger partial charge in [-0.25, -0.2) is 0 Å². The van der Waals surface area contributed by atoms with E-state index in [1.165, 1.54) is 4.90 Å².